The molecule has 1 saturated heterocycles. The molecular formula is C22H26N2O5. The van der Waals surface area contributed by atoms with Crippen molar-refractivity contribution in [1.82, 2.24) is 10.2 Å². The number of urea groups is 1. The first-order valence-electron chi connectivity index (χ1n) is 9.79. The maximum atomic E-state index is 13.1. The van der Waals surface area contributed by atoms with E-state index in [1.54, 1.807) is 14.2 Å². The minimum Gasteiger partial charge on any atom is -0.497 e. The first kappa shape index (κ1) is 19.2. The monoisotopic (exact) mass is 398 g/mol. The number of hydrogen-bond donors (Lipinski definition) is 1. The molecule has 2 aromatic rings. The molecule has 2 atom stereocenters. The Morgan fingerprint density at radius 1 is 1.14 bits per heavy atom. The molecule has 2 unspecified atom stereocenters. The molecule has 0 radical (unpaired) electrons. The zero-order valence-electron chi connectivity index (χ0n) is 16.9. The van der Waals surface area contributed by atoms with Crippen LogP contribution in [0.4, 0.5) is 4.79 Å². The van der Waals surface area contributed by atoms with Crippen molar-refractivity contribution in [3.8, 4) is 23.0 Å². The smallest absolute Gasteiger partial charge is 0.318 e. The van der Waals surface area contributed by atoms with Gasteiger partial charge < -0.3 is 29.2 Å². The van der Waals surface area contributed by atoms with Gasteiger partial charge in [0.1, 0.15) is 11.5 Å². The van der Waals surface area contributed by atoms with Gasteiger partial charge in [0.2, 0.25) is 6.79 Å². The van der Waals surface area contributed by atoms with Crippen molar-refractivity contribution >= 4 is 6.03 Å². The van der Waals surface area contributed by atoms with E-state index >= 15 is 0 Å². The molecule has 1 N–H and O–H groups in total. The van der Waals surface area contributed by atoms with Crippen LogP contribution in [0.2, 0.25) is 0 Å². The molecule has 0 saturated carbocycles. The van der Waals surface area contributed by atoms with E-state index in [9.17, 15) is 4.79 Å². The van der Waals surface area contributed by atoms with Gasteiger partial charge in [-0.25, -0.2) is 4.79 Å². The summed E-state index contributed by atoms with van der Waals surface area (Å²) in [7, 11) is 3.26. The van der Waals surface area contributed by atoms with E-state index in [1.807, 2.05) is 48.2 Å². The number of rotatable bonds is 5. The number of nitrogens with zero attached hydrogens (tertiary/aromatic N) is 1. The maximum absolute atomic E-state index is 13.1. The zero-order chi connectivity index (χ0) is 20.4. The van der Waals surface area contributed by atoms with Crippen LogP contribution in [0.15, 0.2) is 36.4 Å². The van der Waals surface area contributed by atoms with Crippen LogP contribution < -0.4 is 24.3 Å². The lowest BCUT2D eigenvalue weighted by molar-refractivity contribution is 0.174. The SMILES string of the molecule is COc1ccc(C2CCCN2C(=O)NC(C)c2ccc3c(c2)OCO3)c(OC)c1. The van der Waals surface area contributed by atoms with Crippen molar-refractivity contribution in [3.05, 3.63) is 47.5 Å². The Balaban J connectivity index is 1.49. The molecule has 0 aliphatic carbocycles. The molecule has 154 valence electrons. The van der Waals surface area contributed by atoms with Crippen molar-refractivity contribution in [2.24, 2.45) is 0 Å². The summed E-state index contributed by atoms with van der Waals surface area (Å²) in [4.78, 5) is 14.9. The molecule has 2 aliphatic rings. The number of benzene rings is 2. The summed E-state index contributed by atoms with van der Waals surface area (Å²) >= 11 is 0. The van der Waals surface area contributed by atoms with Crippen LogP contribution >= 0.6 is 0 Å². The second-order valence-corrected chi connectivity index (χ2v) is 7.24. The second-order valence-electron chi connectivity index (χ2n) is 7.24. The number of ether oxygens (including phenoxy) is 4. The van der Waals surface area contributed by atoms with E-state index in [0.717, 1.165) is 41.2 Å². The van der Waals surface area contributed by atoms with Crippen LogP contribution in [0.25, 0.3) is 0 Å². The maximum Gasteiger partial charge on any atom is 0.318 e. The lowest BCUT2D eigenvalue weighted by Crippen LogP contribution is -2.40. The zero-order valence-corrected chi connectivity index (χ0v) is 16.9. The first-order chi connectivity index (χ1) is 14.1. The highest BCUT2D eigenvalue weighted by Crippen LogP contribution is 2.39. The van der Waals surface area contributed by atoms with E-state index in [-0.39, 0.29) is 24.9 Å². The summed E-state index contributed by atoms with van der Waals surface area (Å²) in [6.07, 6.45) is 1.85. The van der Waals surface area contributed by atoms with Gasteiger partial charge in [0.05, 0.1) is 26.3 Å². The van der Waals surface area contributed by atoms with Crippen LogP contribution in [0.3, 0.4) is 0 Å². The minimum atomic E-state index is -0.156. The number of amides is 2. The minimum absolute atomic E-state index is 0.0280. The molecule has 1 fully saturated rings. The van der Waals surface area contributed by atoms with Gasteiger partial charge in [-0.3, -0.25) is 0 Å². The van der Waals surface area contributed by atoms with E-state index in [2.05, 4.69) is 5.32 Å². The third-order valence-corrected chi connectivity index (χ3v) is 5.55. The number of likely N-dealkylation sites (tertiary alicyclic amines) is 1. The van der Waals surface area contributed by atoms with Crippen LogP contribution in [0, 0.1) is 0 Å². The Hall–Kier alpha value is -3.09. The lowest BCUT2D eigenvalue weighted by atomic mass is 10.0. The van der Waals surface area contributed by atoms with Gasteiger partial charge in [-0.05, 0) is 49.6 Å². The first-order valence-corrected chi connectivity index (χ1v) is 9.79. The molecule has 0 spiro atoms. The van der Waals surface area contributed by atoms with E-state index < -0.39 is 0 Å². The fraction of sp³-hybridized carbons (Fsp3) is 0.409. The highest BCUT2D eigenvalue weighted by Gasteiger charge is 2.32. The van der Waals surface area contributed by atoms with E-state index in [4.69, 9.17) is 18.9 Å². The van der Waals surface area contributed by atoms with Crippen LogP contribution in [-0.2, 0) is 0 Å². The van der Waals surface area contributed by atoms with Crippen molar-refractivity contribution in [1.29, 1.82) is 0 Å². The fourth-order valence-corrected chi connectivity index (χ4v) is 3.96. The molecule has 2 aromatic carbocycles. The van der Waals surface area contributed by atoms with Crippen molar-refractivity contribution < 1.29 is 23.7 Å². The Labute approximate surface area is 170 Å². The van der Waals surface area contributed by atoms with Crippen LogP contribution in [0.1, 0.15) is 43.0 Å². The molecule has 0 bridgehead atoms. The second kappa shape index (κ2) is 8.11. The average molecular weight is 398 g/mol. The Morgan fingerprint density at radius 3 is 2.76 bits per heavy atom. The van der Waals surface area contributed by atoms with Gasteiger partial charge in [0, 0.05) is 18.2 Å². The highest BCUT2D eigenvalue weighted by molar-refractivity contribution is 5.76. The van der Waals surface area contributed by atoms with Gasteiger partial charge in [0.25, 0.3) is 0 Å². The Morgan fingerprint density at radius 2 is 1.97 bits per heavy atom. The highest BCUT2D eigenvalue weighted by atomic mass is 16.7. The number of fused-ring (bicyclic) bond motifs is 1. The molecule has 7 nitrogen and oxygen atoms in total. The topological polar surface area (TPSA) is 69.3 Å². The van der Waals surface area contributed by atoms with Gasteiger partial charge in [-0.15, -0.1) is 0 Å². The van der Waals surface area contributed by atoms with Crippen molar-refractivity contribution in [2.75, 3.05) is 27.6 Å². The summed E-state index contributed by atoms with van der Waals surface area (Å²) in [6, 6.07) is 11.2. The number of hydrogen-bond acceptors (Lipinski definition) is 5. The summed E-state index contributed by atoms with van der Waals surface area (Å²) in [5, 5.41) is 3.11. The Kier molecular flexibility index (Phi) is 5.38. The predicted molar refractivity (Wildman–Crippen MR) is 108 cm³/mol. The molecular weight excluding hydrogens is 372 g/mol. The molecule has 2 aliphatic heterocycles. The third kappa shape index (κ3) is 3.77. The molecule has 0 aromatic heterocycles. The van der Waals surface area contributed by atoms with Crippen LogP contribution in [-0.4, -0.2) is 38.5 Å². The normalized spacial score (nSPS) is 18.4. The van der Waals surface area contributed by atoms with Crippen molar-refractivity contribution in [2.45, 2.75) is 31.8 Å². The lowest BCUT2D eigenvalue weighted by Gasteiger charge is -2.28. The number of nitrogens with one attached hydrogen (secondary N) is 1. The quantitative estimate of drug-likeness (QED) is 0.823. The number of carbonyl (C=O) groups is 1. The van der Waals surface area contributed by atoms with Gasteiger partial charge >= 0.3 is 6.03 Å². The van der Waals surface area contributed by atoms with E-state index in [1.165, 1.54) is 0 Å². The largest absolute Gasteiger partial charge is 0.497 e. The molecule has 29 heavy (non-hydrogen) atoms. The summed E-state index contributed by atoms with van der Waals surface area (Å²) in [5.41, 5.74) is 1.97. The number of methoxy groups -OCH3 is 2. The molecule has 7 heteroatoms. The third-order valence-electron chi connectivity index (χ3n) is 5.55. The number of carbonyl (C=O) groups excluding carboxylic acids is 1. The van der Waals surface area contributed by atoms with Gasteiger partial charge in [0.15, 0.2) is 11.5 Å². The Bertz CT molecular complexity index is 901. The van der Waals surface area contributed by atoms with Crippen molar-refractivity contribution in [3.63, 3.8) is 0 Å². The average Bonchev–Trinajstić information content (AvgIpc) is 3.41. The molecule has 2 amide bonds. The molecule has 2 heterocycles. The predicted octanol–water partition coefficient (Wildman–Crippen LogP) is 4.04. The molecule has 4 rings (SSSR count). The van der Waals surface area contributed by atoms with Gasteiger partial charge in [-0.2, -0.15) is 0 Å². The summed E-state index contributed by atoms with van der Waals surface area (Å²) in [5.74, 6) is 2.91. The van der Waals surface area contributed by atoms with Gasteiger partial charge in [-0.1, -0.05) is 6.07 Å². The summed E-state index contributed by atoms with van der Waals surface area (Å²) in [6.45, 7) is 2.91. The van der Waals surface area contributed by atoms with E-state index in [0.29, 0.717) is 12.3 Å². The standard InChI is InChI=1S/C22H26N2O5/c1-14(15-6-9-19-21(11-15)29-13-28-19)23-22(25)24-10-4-5-18(24)17-8-7-16(26-2)12-20(17)27-3/h6-9,11-12,14,18H,4-5,10,13H2,1-3H3,(H,23,25). The summed E-state index contributed by atoms with van der Waals surface area (Å²) < 4.78 is 21.6. The van der Waals surface area contributed by atoms with Crippen LogP contribution in [0.5, 0.6) is 23.0 Å². The fourth-order valence-electron chi connectivity index (χ4n) is 3.96.